The van der Waals surface area contributed by atoms with Crippen LogP contribution in [0.2, 0.25) is 0 Å². The molecule has 4 rings (SSSR count). The van der Waals surface area contributed by atoms with E-state index in [2.05, 4.69) is 46.2 Å². The molecule has 8 heteroatoms. The van der Waals surface area contributed by atoms with Crippen molar-refractivity contribution in [2.75, 3.05) is 23.7 Å². The molecule has 1 saturated heterocycles. The highest BCUT2D eigenvalue weighted by Crippen LogP contribution is 2.35. The molecule has 1 aromatic carbocycles. The van der Waals surface area contributed by atoms with Gasteiger partial charge in [0, 0.05) is 19.1 Å². The Hall–Kier alpha value is -2.19. The Morgan fingerprint density at radius 3 is 2.97 bits per heavy atom. The van der Waals surface area contributed by atoms with Gasteiger partial charge in [0.05, 0.1) is 5.75 Å². The van der Waals surface area contributed by atoms with Crippen molar-refractivity contribution < 1.29 is 4.79 Å². The van der Waals surface area contributed by atoms with Gasteiger partial charge in [-0.15, -0.1) is 0 Å². The number of amides is 1. The summed E-state index contributed by atoms with van der Waals surface area (Å²) < 4.78 is 0.977. The standard InChI is InChI=1S/C23H29N5OS2/c1-16-7-6-12-28(13-16)23-27-21-20(31-23)22(25-15-24-21)30-14-19(29)26-17(2)10-11-18-8-4-3-5-9-18/h3-5,8-9,15-17H,6-7,10-14H2,1-2H3,(H,26,29)/t16-,17+/m0/s1. The monoisotopic (exact) mass is 455 g/mol. The summed E-state index contributed by atoms with van der Waals surface area (Å²) in [5, 5.41) is 4.96. The molecule has 2 aromatic heterocycles. The molecule has 1 aliphatic heterocycles. The number of aromatic nitrogens is 3. The Bertz CT molecular complexity index is 1010. The maximum atomic E-state index is 12.5. The molecule has 0 spiro atoms. The number of hydrogen-bond acceptors (Lipinski definition) is 7. The van der Waals surface area contributed by atoms with Crippen LogP contribution in [0.5, 0.6) is 0 Å². The van der Waals surface area contributed by atoms with E-state index in [9.17, 15) is 4.79 Å². The van der Waals surface area contributed by atoms with Gasteiger partial charge in [0.1, 0.15) is 16.1 Å². The number of anilines is 1. The largest absolute Gasteiger partial charge is 0.353 e. The van der Waals surface area contributed by atoms with Crippen molar-refractivity contribution in [3.8, 4) is 0 Å². The lowest BCUT2D eigenvalue weighted by Crippen LogP contribution is -2.34. The molecule has 0 saturated carbocycles. The van der Waals surface area contributed by atoms with E-state index in [1.165, 1.54) is 30.2 Å². The fraction of sp³-hybridized carbons (Fsp3) is 0.478. The van der Waals surface area contributed by atoms with Crippen LogP contribution in [-0.4, -0.2) is 45.7 Å². The minimum absolute atomic E-state index is 0.0342. The van der Waals surface area contributed by atoms with Gasteiger partial charge in [-0.25, -0.2) is 9.97 Å². The topological polar surface area (TPSA) is 71.0 Å². The highest BCUT2D eigenvalue weighted by atomic mass is 32.2. The summed E-state index contributed by atoms with van der Waals surface area (Å²) in [6.07, 6.45) is 5.91. The third-order valence-electron chi connectivity index (χ3n) is 5.53. The summed E-state index contributed by atoms with van der Waals surface area (Å²) in [7, 11) is 0. The van der Waals surface area contributed by atoms with Crippen molar-refractivity contribution >= 4 is 44.5 Å². The van der Waals surface area contributed by atoms with Crippen molar-refractivity contribution in [2.45, 2.75) is 50.6 Å². The molecule has 0 unspecified atom stereocenters. The van der Waals surface area contributed by atoms with Crippen molar-refractivity contribution in [3.05, 3.63) is 42.2 Å². The lowest BCUT2D eigenvalue weighted by molar-refractivity contribution is -0.119. The van der Waals surface area contributed by atoms with Crippen molar-refractivity contribution in [1.82, 2.24) is 20.3 Å². The van der Waals surface area contributed by atoms with E-state index in [1.54, 1.807) is 17.7 Å². The predicted octanol–water partition coefficient (Wildman–Crippen LogP) is 4.55. The number of nitrogens with zero attached hydrogens (tertiary/aromatic N) is 4. The minimum atomic E-state index is 0.0342. The summed E-state index contributed by atoms with van der Waals surface area (Å²) in [4.78, 5) is 28.3. The van der Waals surface area contributed by atoms with Gasteiger partial charge in [0.2, 0.25) is 5.91 Å². The van der Waals surface area contributed by atoms with Gasteiger partial charge in [-0.1, -0.05) is 60.4 Å². The lowest BCUT2D eigenvalue weighted by atomic mass is 10.0. The molecule has 1 N–H and O–H groups in total. The molecule has 0 radical (unpaired) electrons. The van der Waals surface area contributed by atoms with Gasteiger partial charge in [-0.05, 0) is 44.1 Å². The number of thiazole rings is 1. The Balaban J connectivity index is 1.32. The van der Waals surface area contributed by atoms with Crippen LogP contribution in [0.25, 0.3) is 10.3 Å². The summed E-state index contributed by atoms with van der Waals surface area (Å²) >= 11 is 3.10. The maximum Gasteiger partial charge on any atom is 0.230 e. The SMILES string of the molecule is C[C@H]1CCCN(c2nc3ncnc(SCC(=O)N[C@H](C)CCc4ccccc4)c3s2)C1. The van der Waals surface area contributed by atoms with Gasteiger partial charge in [0.25, 0.3) is 0 Å². The van der Waals surface area contributed by atoms with Gasteiger partial charge < -0.3 is 10.2 Å². The first-order valence-corrected chi connectivity index (χ1v) is 12.7. The Labute approximate surface area is 191 Å². The highest BCUT2D eigenvalue weighted by Gasteiger charge is 2.21. The van der Waals surface area contributed by atoms with E-state index in [0.717, 1.165) is 46.4 Å². The molecule has 1 fully saturated rings. The molecule has 31 heavy (non-hydrogen) atoms. The maximum absolute atomic E-state index is 12.5. The molecule has 6 nitrogen and oxygen atoms in total. The fourth-order valence-corrected chi connectivity index (χ4v) is 5.81. The van der Waals surface area contributed by atoms with E-state index < -0.39 is 0 Å². The van der Waals surface area contributed by atoms with Crippen LogP contribution in [0.4, 0.5) is 5.13 Å². The molecule has 0 bridgehead atoms. The first-order valence-electron chi connectivity index (χ1n) is 10.9. The number of carbonyl (C=O) groups is 1. The molecule has 0 aliphatic carbocycles. The van der Waals surface area contributed by atoms with Crippen LogP contribution in [0, 0.1) is 5.92 Å². The highest BCUT2D eigenvalue weighted by molar-refractivity contribution is 8.00. The van der Waals surface area contributed by atoms with Crippen LogP contribution in [0.3, 0.4) is 0 Å². The predicted molar refractivity (Wildman–Crippen MR) is 129 cm³/mol. The number of rotatable bonds is 8. The van der Waals surface area contributed by atoms with Gasteiger partial charge in [-0.3, -0.25) is 4.79 Å². The van der Waals surface area contributed by atoms with Crippen LogP contribution in [0.15, 0.2) is 41.7 Å². The first-order chi connectivity index (χ1) is 15.1. The number of thioether (sulfide) groups is 1. The van der Waals surface area contributed by atoms with Crippen LogP contribution in [0.1, 0.15) is 38.7 Å². The Kier molecular flexibility index (Phi) is 7.40. The molecular formula is C23H29N5OS2. The number of fused-ring (bicyclic) bond motifs is 1. The second-order valence-corrected chi connectivity index (χ2v) is 10.2. The minimum Gasteiger partial charge on any atom is -0.353 e. The van der Waals surface area contributed by atoms with Crippen molar-refractivity contribution in [2.24, 2.45) is 5.92 Å². The quantitative estimate of drug-likeness (QED) is 0.397. The average molecular weight is 456 g/mol. The first kappa shape index (κ1) is 22.0. The van der Waals surface area contributed by atoms with Gasteiger partial charge in [0.15, 0.2) is 10.8 Å². The molecule has 2 atom stereocenters. The van der Waals surface area contributed by atoms with E-state index >= 15 is 0 Å². The second-order valence-electron chi connectivity index (χ2n) is 8.30. The summed E-state index contributed by atoms with van der Waals surface area (Å²) in [6.45, 7) is 6.44. The van der Waals surface area contributed by atoms with Crippen LogP contribution < -0.4 is 10.2 Å². The van der Waals surface area contributed by atoms with Gasteiger partial charge in [-0.2, -0.15) is 4.98 Å². The van der Waals surface area contributed by atoms with Crippen molar-refractivity contribution in [3.63, 3.8) is 0 Å². The smallest absolute Gasteiger partial charge is 0.230 e. The van der Waals surface area contributed by atoms with Crippen LogP contribution >= 0.6 is 23.1 Å². The molecule has 1 amide bonds. The number of aryl methyl sites for hydroxylation is 1. The number of nitrogens with one attached hydrogen (secondary N) is 1. The van der Waals surface area contributed by atoms with Crippen molar-refractivity contribution in [1.29, 1.82) is 0 Å². The van der Waals surface area contributed by atoms with E-state index in [-0.39, 0.29) is 11.9 Å². The second kappa shape index (κ2) is 10.4. The molecular weight excluding hydrogens is 426 g/mol. The average Bonchev–Trinajstić information content (AvgIpc) is 3.22. The van der Waals surface area contributed by atoms with Crippen LogP contribution in [-0.2, 0) is 11.2 Å². The zero-order chi connectivity index (χ0) is 21.6. The lowest BCUT2D eigenvalue weighted by Gasteiger charge is -2.30. The zero-order valence-corrected chi connectivity index (χ0v) is 19.7. The number of benzene rings is 1. The van der Waals surface area contributed by atoms with E-state index in [1.807, 2.05) is 18.2 Å². The fourth-order valence-electron chi connectivity index (χ4n) is 3.87. The Morgan fingerprint density at radius 1 is 1.32 bits per heavy atom. The third kappa shape index (κ3) is 5.95. The number of carbonyl (C=O) groups excluding carboxylic acids is 1. The summed E-state index contributed by atoms with van der Waals surface area (Å²) in [5.41, 5.74) is 2.03. The number of hydrogen-bond donors (Lipinski definition) is 1. The van der Waals surface area contributed by atoms with Gasteiger partial charge >= 0.3 is 0 Å². The molecule has 164 valence electrons. The van der Waals surface area contributed by atoms with E-state index in [4.69, 9.17) is 4.98 Å². The molecule has 1 aliphatic rings. The zero-order valence-electron chi connectivity index (χ0n) is 18.1. The van der Waals surface area contributed by atoms with E-state index in [0.29, 0.717) is 11.7 Å². The molecule has 3 heterocycles. The normalized spacial score (nSPS) is 17.6. The Morgan fingerprint density at radius 2 is 2.16 bits per heavy atom. The summed E-state index contributed by atoms with van der Waals surface area (Å²) in [5.74, 6) is 1.07. The number of piperidine rings is 1. The summed E-state index contributed by atoms with van der Waals surface area (Å²) in [6, 6.07) is 10.5. The molecule has 3 aromatic rings. The third-order valence-corrected chi connectivity index (χ3v) is 7.76.